The topological polar surface area (TPSA) is 116 Å². The lowest BCUT2D eigenvalue weighted by Gasteiger charge is -2.23. The maximum atomic E-state index is 13.1. The van der Waals surface area contributed by atoms with Crippen LogP contribution in [0.1, 0.15) is 27.9 Å². The van der Waals surface area contributed by atoms with Crippen molar-refractivity contribution in [1.29, 1.82) is 0 Å². The fourth-order valence-electron chi connectivity index (χ4n) is 2.61. The summed E-state index contributed by atoms with van der Waals surface area (Å²) in [5.41, 5.74) is 1.72. The Labute approximate surface area is 180 Å². The highest BCUT2D eigenvalue weighted by Gasteiger charge is 2.44. The molecule has 0 aliphatic carbocycles. The highest BCUT2D eigenvalue weighted by Crippen LogP contribution is 2.27. The Balaban J connectivity index is 2.51. The van der Waals surface area contributed by atoms with Crippen LogP contribution < -0.4 is 10.5 Å². The van der Waals surface area contributed by atoms with Gasteiger partial charge in [-0.15, -0.1) is 5.06 Å². The van der Waals surface area contributed by atoms with Crippen molar-refractivity contribution in [3.8, 4) is 0 Å². The number of para-hydroxylation sites is 1. The van der Waals surface area contributed by atoms with E-state index < -0.39 is 24.0 Å². The summed E-state index contributed by atoms with van der Waals surface area (Å²) in [6.45, 7) is -0.0887. The molecule has 0 bridgehead atoms. The van der Waals surface area contributed by atoms with Crippen molar-refractivity contribution in [2.24, 2.45) is 0 Å². The van der Waals surface area contributed by atoms with Crippen LogP contribution in [-0.4, -0.2) is 40.9 Å². The number of alkyl halides is 3. The minimum atomic E-state index is -5.37. The number of amides is 2. The summed E-state index contributed by atoms with van der Waals surface area (Å²) in [4.78, 5) is 40.3. The second kappa shape index (κ2) is 11.1. The van der Waals surface area contributed by atoms with Gasteiger partial charge in [-0.3, -0.25) is 14.8 Å². The number of benzene rings is 2. The van der Waals surface area contributed by atoms with Gasteiger partial charge < -0.3 is 9.94 Å². The van der Waals surface area contributed by atoms with Gasteiger partial charge in [0, 0.05) is 23.8 Å². The second-order valence-electron chi connectivity index (χ2n) is 6.37. The van der Waals surface area contributed by atoms with Crippen LogP contribution in [0.2, 0.25) is 0 Å². The first-order valence-electron chi connectivity index (χ1n) is 9.22. The number of hydrogen-bond acceptors (Lipinski definition) is 6. The number of carbonyl (C=O) groups is 3. The normalized spacial score (nSPS) is 11.3. The Morgan fingerprint density at radius 2 is 1.81 bits per heavy atom. The zero-order valence-electron chi connectivity index (χ0n) is 16.5. The largest absolute Gasteiger partial charge is 0.493 e. The molecule has 8 nitrogen and oxygen atoms in total. The van der Waals surface area contributed by atoms with E-state index in [1.165, 1.54) is 47.9 Å². The van der Waals surface area contributed by atoms with Crippen molar-refractivity contribution in [1.82, 2.24) is 5.48 Å². The lowest BCUT2D eigenvalue weighted by Crippen LogP contribution is -2.39. The maximum Gasteiger partial charge on any atom is 0.493 e. The van der Waals surface area contributed by atoms with Crippen molar-refractivity contribution in [2.45, 2.75) is 19.0 Å². The molecule has 0 unspecified atom stereocenters. The Morgan fingerprint density at radius 1 is 1.09 bits per heavy atom. The molecule has 2 aromatic rings. The molecule has 0 atom stereocenters. The van der Waals surface area contributed by atoms with Crippen LogP contribution >= 0.6 is 0 Å². The van der Waals surface area contributed by atoms with E-state index in [4.69, 9.17) is 10.3 Å². The molecule has 0 aliphatic heterocycles. The summed E-state index contributed by atoms with van der Waals surface area (Å²) in [5, 5.41) is 17.8. The van der Waals surface area contributed by atoms with Crippen molar-refractivity contribution in [3.63, 3.8) is 0 Å². The molecule has 0 saturated carbocycles. The summed E-state index contributed by atoms with van der Waals surface area (Å²) in [6, 6.07) is 11.3. The van der Waals surface area contributed by atoms with Gasteiger partial charge in [-0.05, 0) is 42.7 Å². The number of hydrogen-bond donors (Lipinski definition) is 3. The SMILES string of the molecule is O=C(/C=C/c1ccccc1N(OC(=O)C(F)(F)F)C(=O)c1cccc(CCCO)c1)NO. The number of rotatable bonds is 7. The molecular formula is C21H19F3N2O6. The Morgan fingerprint density at radius 3 is 2.47 bits per heavy atom. The number of aliphatic hydroxyl groups excluding tert-OH is 1. The lowest BCUT2D eigenvalue weighted by atomic mass is 10.1. The smallest absolute Gasteiger partial charge is 0.396 e. The first-order chi connectivity index (χ1) is 15.2. The quantitative estimate of drug-likeness (QED) is 0.338. The van der Waals surface area contributed by atoms with Gasteiger partial charge in [-0.2, -0.15) is 13.2 Å². The predicted molar refractivity (Wildman–Crippen MR) is 106 cm³/mol. The Hall–Kier alpha value is -3.70. The molecule has 0 aromatic heterocycles. The third-order valence-electron chi connectivity index (χ3n) is 4.07. The van der Waals surface area contributed by atoms with E-state index in [2.05, 4.69) is 4.84 Å². The molecule has 0 spiro atoms. The Bertz CT molecular complexity index is 1010. The van der Waals surface area contributed by atoms with Crippen LogP contribution in [0.5, 0.6) is 0 Å². The molecule has 0 radical (unpaired) electrons. The molecule has 0 saturated heterocycles. The first kappa shape index (κ1) is 24.6. The first-order valence-corrected chi connectivity index (χ1v) is 9.22. The number of aryl methyl sites for hydroxylation is 1. The van der Waals surface area contributed by atoms with Crippen LogP contribution in [0, 0.1) is 0 Å². The van der Waals surface area contributed by atoms with Crippen molar-refractivity contribution < 1.29 is 42.7 Å². The average Bonchev–Trinajstić information content (AvgIpc) is 2.78. The maximum absolute atomic E-state index is 13.1. The lowest BCUT2D eigenvalue weighted by molar-refractivity contribution is -0.199. The van der Waals surface area contributed by atoms with E-state index in [1.807, 2.05) is 0 Å². The summed E-state index contributed by atoms with van der Waals surface area (Å²) in [5.74, 6) is -4.61. The number of nitrogens with zero attached hydrogens (tertiary/aromatic N) is 1. The van der Waals surface area contributed by atoms with Gasteiger partial charge in [0.2, 0.25) is 0 Å². The van der Waals surface area contributed by atoms with Gasteiger partial charge >= 0.3 is 12.1 Å². The summed E-state index contributed by atoms with van der Waals surface area (Å²) < 4.78 is 38.6. The third kappa shape index (κ3) is 6.65. The van der Waals surface area contributed by atoms with Gasteiger partial charge in [0.25, 0.3) is 11.8 Å². The molecular weight excluding hydrogens is 433 g/mol. The molecule has 2 rings (SSSR count). The summed E-state index contributed by atoms with van der Waals surface area (Å²) in [6.07, 6.45) is -2.58. The molecule has 2 amide bonds. The summed E-state index contributed by atoms with van der Waals surface area (Å²) in [7, 11) is 0. The Kier molecular flexibility index (Phi) is 8.50. The number of anilines is 1. The number of carbonyl (C=O) groups excluding carboxylic acids is 3. The van der Waals surface area contributed by atoms with E-state index in [0.29, 0.717) is 18.4 Å². The van der Waals surface area contributed by atoms with E-state index >= 15 is 0 Å². The second-order valence-corrected chi connectivity index (χ2v) is 6.37. The van der Waals surface area contributed by atoms with E-state index in [9.17, 15) is 27.6 Å². The summed E-state index contributed by atoms with van der Waals surface area (Å²) >= 11 is 0. The van der Waals surface area contributed by atoms with Crippen LogP contribution in [0.3, 0.4) is 0 Å². The van der Waals surface area contributed by atoms with Crippen LogP contribution in [0.4, 0.5) is 18.9 Å². The standard InChI is InChI=1S/C21H19F3N2O6/c22-21(23,24)20(30)32-26(17-9-2-1-7-15(17)10-11-18(28)25-31)19(29)16-8-3-5-14(13-16)6-4-12-27/h1-3,5,7-11,13,27,31H,4,6,12H2,(H,25,28)/b11-10+. The molecule has 0 aliphatic rings. The van der Waals surface area contributed by atoms with Crippen LogP contribution in [-0.2, 0) is 20.8 Å². The van der Waals surface area contributed by atoms with Gasteiger partial charge in [0.1, 0.15) is 0 Å². The minimum Gasteiger partial charge on any atom is -0.396 e. The van der Waals surface area contributed by atoms with E-state index in [0.717, 1.165) is 12.2 Å². The number of aliphatic hydroxyl groups is 1. The van der Waals surface area contributed by atoms with Gasteiger partial charge in [-0.1, -0.05) is 30.3 Å². The van der Waals surface area contributed by atoms with Gasteiger partial charge in [0.05, 0.1) is 5.69 Å². The van der Waals surface area contributed by atoms with Crippen molar-refractivity contribution in [2.75, 3.05) is 11.7 Å². The third-order valence-corrected chi connectivity index (χ3v) is 4.07. The fourth-order valence-corrected chi connectivity index (χ4v) is 2.61. The fraction of sp³-hybridized carbons (Fsp3) is 0.190. The molecule has 0 fully saturated rings. The highest BCUT2D eigenvalue weighted by molar-refractivity contribution is 6.07. The molecule has 0 heterocycles. The molecule has 3 N–H and O–H groups in total. The zero-order chi connectivity index (χ0) is 23.7. The average molecular weight is 452 g/mol. The monoisotopic (exact) mass is 452 g/mol. The van der Waals surface area contributed by atoms with Crippen molar-refractivity contribution >= 4 is 29.5 Å². The van der Waals surface area contributed by atoms with E-state index in [-0.39, 0.29) is 28.5 Å². The van der Waals surface area contributed by atoms with Gasteiger partial charge in [-0.25, -0.2) is 10.3 Å². The predicted octanol–water partition coefficient (Wildman–Crippen LogP) is 2.80. The highest BCUT2D eigenvalue weighted by atomic mass is 19.4. The number of nitrogens with one attached hydrogen (secondary N) is 1. The zero-order valence-corrected chi connectivity index (χ0v) is 16.5. The van der Waals surface area contributed by atoms with Crippen molar-refractivity contribution in [3.05, 3.63) is 71.3 Å². The van der Waals surface area contributed by atoms with Gasteiger partial charge in [0.15, 0.2) is 0 Å². The minimum absolute atomic E-state index is 0.0517. The van der Waals surface area contributed by atoms with Crippen LogP contribution in [0.15, 0.2) is 54.6 Å². The molecule has 2 aromatic carbocycles. The molecule has 11 heteroatoms. The molecule has 32 heavy (non-hydrogen) atoms. The number of halogens is 3. The molecule has 170 valence electrons. The number of hydroxylamine groups is 2. The van der Waals surface area contributed by atoms with E-state index in [1.54, 1.807) is 6.07 Å². The van der Waals surface area contributed by atoms with Crippen LogP contribution in [0.25, 0.3) is 6.08 Å².